The van der Waals surface area contributed by atoms with Crippen LogP contribution < -0.4 is 10.2 Å². The lowest BCUT2D eigenvalue weighted by Gasteiger charge is -2.16. The first-order valence-corrected chi connectivity index (χ1v) is 8.15. The van der Waals surface area contributed by atoms with E-state index >= 15 is 0 Å². The Balaban J connectivity index is 1.77. The molecule has 0 saturated carbocycles. The summed E-state index contributed by atoms with van der Waals surface area (Å²) < 4.78 is 0. The van der Waals surface area contributed by atoms with Gasteiger partial charge >= 0.3 is 5.97 Å². The summed E-state index contributed by atoms with van der Waals surface area (Å²) in [4.78, 5) is 36.8. The standard InChI is InChI=1S/C20H18N2O4/c1-13-4-2-7-16(10-13)22-18(23)12-17(20(22)26)21-15-6-3-5-14(11-15)8-9-19(24)25/h2-11,17,21H,12H2,1H3,(H,24,25)/b9-8+. The van der Waals surface area contributed by atoms with Crippen LogP contribution in [0.5, 0.6) is 0 Å². The number of anilines is 2. The molecule has 2 N–H and O–H groups in total. The van der Waals surface area contributed by atoms with E-state index in [2.05, 4.69) is 5.32 Å². The van der Waals surface area contributed by atoms with E-state index in [4.69, 9.17) is 5.11 Å². The van der Waals surface area contributed by atoms with Crippen LogP contribution in [0.1, 0.15) is 17.5 Å². The Morgan fingerprint density at radius 3 is 2.69 bits per heavy atom. The molecule has 0 spiro atoms. The van der Waals surface area contributed by atoms with Crippen LogP contribution >= 0.6 is 0 Å². The number of nitrogens with zero attached hydrogens (tertiary/aromatic N) is 1. The molecule has 1 unspecified atom stereocenters. The van der Waals surface area contributed by atoms with Crippen molar-refractivity contribution in [3.63, 3.8) is 0 Å². The molecule has 0 bridgehead atoms. The van der Waals surface area contributed by atoms with Crippen molar-refractivity contribution in [3.8, 4) is 0 Å². The summed E-state index contributed by atoms with van der Waals surface area (Å²) in [7, 11) is 0. The monoisotopic (exact) mass is 350 g/mol. The maximum atomic E-state index is 12.7. The molecule has 3 rings (SSSR count). The third-order valence-corrected chi connectivity index (χ3v) is 4.05. The number of nitrogens with one attached hydrogen (secondary N) is 1. The highest BCUT2D eigenvalue weighted by molar-refractivity contribution is 6.23. The van der Waals surface area contributed by atoms with E-state index in [0.717, 1.165) is 11.6 Å². The van der Waals surface area contributed by atoms with Crippen molar-refractivity contribution < 1.29 is 19.5 Å². The molecule has 2 aromatic carbocycles. The van der Waals surface area contributed by atoms with Crippen LogP contribution in [0.4, 0.5) is 11.4 Å². The Morgan fingerprint density at radius 1 is 1.19 bits per heavy atom. The van der Waals surface area contributed by atoms with Gasteiger partial charge in [-0.25, -0.2) is 9.69 Å². The number of carbonyl (C=O) groups is 3. The normalized spacial score (nSPS) is 17.1. The van der Waals surface area contributed by atoms with E-state index < -0.39 is 12.0 Å². The zero-order valence-electron chi connectivity index (χ0n) is 14.2. The Kier molecular flexibility index (Phi) is 4.84. The molecule has 2 amide bonds. The van der Waals surface area contributed by atoms with Gasteiger partial charge < -0.3 is 10.4 Å². The van der Waals surface area contributed by atoms with E-state index in [9.17, 15) is 14.4 Å². The number of aliphatic carboxylic acids is 1. The summed E-state index contributed by atoms with van der Waals surface area (Å²) >= 11 is 0. The van der Waals surface area contributed by atoms with Gasteiger partial charge in [-0.1, -0.05) is 24.3 Å². The molecular formula is C20H18N2O4. The Morgan fingerprint density at radius 2 is 1.96 bits per heavy atom. The Hall–Kier alpha value is -3.41. The van der Waals surface area contributed by atoms with E-state index in [1.165, 1.54) is 11.0 Å². The summed E-state index contributed by atoms with van der Waals surface area (Å²) in [6, 6.07) is 13.6. The average molecular weight is 350 g/mol. The van der Waals surface area contributed by atoms with Crippen LogP contribution in [0, 0.1) is 6.92 Å². The highest BCUT2D eigenvalue weighted by Crippen LogP contribution is 2.26. The van der Waals surface area contributed by atoms with Crippen LogP contribution in [0.15, 0.2) is 54.6 Å². The van der Waals surface area contributed by atoms with Crippen LogP contribution in [-0.2, 0) is 14.4 Å². The second-order valence-corrected chi connectivity index (χ2v) is 6.10. The van der Waals surface area contributed by atoms with Crippen molar-refractivity contribution >= 4 is 35.2 Å². The third kappa shape index (κ3) is 3.80. The van der Waals surface area contributed by atoms with Crippen molar-refractivity contribution in [2.75, 3.05) is 10.2 Å². The first-order chi connectivity index (χ1) is 12.4. The molecule has 1 fully saturated rings. The number of carboxylic acids is 1. The molecule has 26 heavy (non-hydrogen) atoms. The number of carboxylic acid groups (broad SMARTS) is 1. The van der Waals surface area contributed by atoms with Gasteiger partial charge in [0.2, 0.25) is 5.91 Å². The molecular weight excluding hydrogens is 332 g/mol. The quantitative estimate of drug-likeness (QED) is 0.640. The van der Waals surface area contributed by atoms with Gasteiger partial charge in [-0.15, -0.1) is 0 Å². The predicted molar refractivity (Wildman–Crippen MR) is 98.8 cm³/mol. The SMILES string of the molecule is Cc1cccc(N2C(=O)CC(Nc3cccc(/C=C/C(=O)O)c3)C2=O)c1. The number of hydrogen-bond acceptors (Lipinski definition) is 4. The van der Waals surface area contributed by atoms with E-state index in [-0.39, 0.29) is 18.2 Å². The van der Waals surface area contributed by atoms with Crippen molar-refractivity contribution in [1.29, 1.82) is 0 Å². The molecule has 0 aliphatic carbocycles. The molecule has 1 saturated heterocycles. The molecule has 0 radical (unpaired) electrons. The fourth-order valence-electron chi connectivity index (χ4n) is 2.88. The lowest BCUT2D eigenvalue weighted by Crippen LogP contribution is -2.34. The maximum absolute atomic E-state index is 12.7. The molecule has 2 aromatic rings. The van der Waals surface area contributed by atoms with Crippen molar-refractivity contribution in [3.05, 3.63) is 65.7 Å². The molecule has 132 valence electrons. The first kappa shape index (κ1) is 17.4. The summed E-state index contributed by atoms with van der Waals surface area (Å²) in [6.45, 7) is 1.90. The number of carbonyl (C=O) groups excluding carboxylic acids is 2. The summed E-state index contributed by atoms with van der Waals surface area (Å²) in [5, 5.41) is 11.8. The van der Waals surface area contributed by atoms with Gasteiger partial charge in [0.05, 0.1) is 12.1 Å². The fourth-order valence-corrected chi connectivity index (χ4v) is 2.88. The lowest BCUT2D eigenvalue weighted by molar-refractivity contribution is -0.131. The topological polar surface area (TPSA) is 86.7 Å². The summed E-state index contributed by atoms with van der Waals surface area (Å²) in [5.41, 5.74) is 2.87. The van der Waals surface area contributed by atoms with Gasteiger partial charge in [-0.3, -0.25) is 9.59 Å². The molecule has 1 atom stereocenters. The molecule has 1 aliphatic heterocycles. The van der Waals surface area contributed by atoms with Gasteiger partial charge in [0.15, 0.2) is 0 Å². The van der Waals surface area contributed by atoms with E-state index in [1.807, 2.05) is 19.1 Å². The second kappa shape index (κ2) is 7.23. The van der Waals surface area contributed by atoms with Crippen LogP contribution in [0.3, 0.4) is 0 Å². The molecule has 6 nitrogen and oxygen atoms in total. The van der Waals surface area contributed by atoms with E-state index in [1.54, 1.807) is 36.4 Å². The smallest absolute Gasteiger partial charge is 0.328 e. The number of rotatable bonds is 5. The van der Waals surface area contributed by atoms with Crippen molar-refractivity contribution in [2.24, 2.45) is 0 Å². The molecule has 6 heteroatoms. The zero-order chi connectivity index (χ0) is 18.7. The minimum Gasteiger partial charge on any atom is -0.478 e. The second-order valence-electron chi connectivity index (χ2n) is 6.10. The van der Waals surface area contributed by atoms with Gasteiger partial charge in [0, 0.05) is 11.8 Å². The number of amides is 2. The minimum absolute atomic E-state index is 0.0714. The highest BCUT2D eigenvalue weighted by Gasteiger charge is 2.39. The van der Waals surface area contributed by atoms with Crippen LogP contribution in [0.25, 0.3) is 6.08 Å². The van der Waals surface area contributed by atoms with E-state index in [0.29, 0.717) is 16.9 Å². The maximum Gasteiger partial charge on any atom is 0.328 e. The minimum atomic E-state index is -1.03. The predicted octanol–water partition coefficient (Wildman–Crippen LogP) is 2.84. The summed E-state index contributed by atoms with van der Waals surface area (Å²) in [5.74, 6) is -1.58. The Bertz CT molecular complexity index is 904. The van der Waals surface area contributed by atoms with Gasteiger partial charge in [-0.2, -0.15) is 0 Å². The largest absolute Gasteiger partial charge is 0.478 e. The van der Waals surface area contributed by atoms with Gasteiger partial charge in [-0.05, 0) is 48.4 Å². The van der Waals surface area contributed by atoms with Gasteiger partial charge in [0.25, 0.3) is 5.91 Å². The summed E-state index contributed by atoms with van der Waals surface area (Å²) in [6.07, 6.45) is 2.58. The van der Waals surface area contributed by atoms with Gasteiger partial charge in [0.1, 0.15) is 6.04 Å². The molecule has 0 aromatic heterocycles. The van der Waals surface area contributed by atoms with Crippen molar-refractivity contribution in [1.82, 2.24) is 0 Å². The third-order valence-electron chi connectivity index (χ3n) is 4.05. The fraction of sp³-hybridized carbons (Fsp3) is 0.150. The molecule has 1 aliphatic rings. The number of benzene rings is 2. The molecule has 1 heterocycles. The lowest BCUT2D eigenvalue weighted by atomic mass is 10.1. The average Bonchev–Trinajstić information content (AvgIpc) is 2.87. The number of imide groups is 1. The number of aryl methyl sites for hydroxylation is 1. The zero-order valence-corrected chi connectivity index (χ0v) is 14.2. The highest BCUT2D eigenvalue weighted by atomic mass is 16.4. The van der Waals surface area contributed by atoms with Crippen LogP contribution in [0.2, 0.25) is 0 Å². The Labute approximate surface area is 150 Å². The van der Waals surface area contributed by atoms with Crippen molar-refractivity contribution in [2.45, 2.75) is 19.4 Å². The van der Waals surface area contributed by atoms with Crippen LogP contribution in [-0.4, -0.2) is 28.9 Å². The number of hydrogen-bond donors (Lipinski definition) is 2. The first-order valence-electron chi connectivity index (χ1n) is 8.15.